The van der Waals surface area contributed by atoms with E-state index in [0.717, 1.165) is 17.9 Å². The van der Waals surface area contributed by atoms with Gasteiger partial charge in [-0.1, -0.05) is 18.2 Å². The van der Waals surface area contributed by atoms with Crippen molar-refractivity contribution >= 4 is 11.6 Å². The molecule has 3 rings (SSSR count). The zero-order valence-electron chi connectivity index (χ0n) is 13.2. The van der Waals surface area contributed by atoms with Crippen molar-refractivity contribution in [1.82, 2.24) is 0 Å². The second kappa shape index (κ2) is 5.84. The number of anilines is 1. The molecular formula is C19H21NO2. The zero-order valence-corrected chi connectivity index (χ0v) is 13.2. The Morgan fingerprint density at radius 1 is 1.14 bits per heavy atom. The van der Waals surface area contributed by atoms with E-state index in [1.807, 2.05) is 61.2 Å². The van der Waals surface area contributed by atoms with Crippen molar-refractivity contribution < 1.29 is 9.53 Å². The third-order valence-electron chi connectivity index (χ3n) is 3.90. The van der Waals surface area contributed by atoms with Gasteiger partial charge in [-0.2, -0.15) is 0 Å². The zero-order chi connectivity index (χ0) is 15.7. The van der Waals surface area contributed by atoms with Gasteiger partial charge in [0.15, 0.2) is 0 Å². The second-order valence-electron chi connectivity index (χ2n) is 6.05. The van der Waals surface area contributed by atoms with Crippen LogP contribution in [0.3, 0.4) is 0 Å². The molecule has 1 amide bonds. The van der Waals surface area contributed by atoms with Crippen molar-refractivity contribution in [3.8, 4) is 5.75 Å². The molecule has 0 saturated carbocycles. The highest BCUT2D eigenvalue weighted by atomic mass is 16.5. The van der Waals surface area contributed by atoms with Gasteiger partial charge in [-0.15, -0.1) is 0 Å². The molecule has 0 aromatic heterocycles. The maximum atomic E-state index is 12.8. The molecule has 1 aliphatic heterocycles. The van der Waals surface area contributed by atoms with Gasteiger partial charge in [0, 0.05) is 17.3 Å². The topological polar surface area (TPSA) is 29.5 Å². The average Bonchev–Trinajstić information content (AvgIpc) is 2.82. The summed E-state index contributed by atoms with van der Waals surface area (Å²) in [7, 11) is 0. The molecule has 114 valence electrons. The number of hydrogen-bond acceptors (Lipinski definition) is 2. The Balaban J connectivity index is 1.85. The summed E-state index contributed by atoms with van der Waals surface area (Å²) < 4.78 is 5.63. The Bertz CT molecular complexity index is 676. The molecular weight excluding hydrogens is 274 g/mol. The smallest absolute Gasteiger partial charge is 0.258 e. The van der Waals surface area contributed by atoms with Gasteiger partial charge in [0.25, 0.3) is 5.91 Å². The van der Waals surface area contributed by atoms with Crippen LogP contribution in [0.15, 0.2) is 48.5 Å². The lowest BCUT2D eigenvalue weighted by molar-refractivity contribution is 0.0981. The molecule has 1 heterocycles. The molecule has 0 aliphatic carbocycles. The molecule has 1 aliphatic rings. The molecule has 0 saturated heterocycles. The third kappa shape index (κ3) is 2.71. The first-order valence-electron chi connectivity index (χ1n) is 7.74. The van der Waals surface area contributed by atoms with Crippen LogP contribution in [0.5, 0.6) is 5.75 Å². The number of fused-ring (bicyclic) bond motifs is 1. The molecule has 0 fully saturated rings. The second-order valence-corrected chi connectivity index (χ2v) is 6.05. The van der Waals surface area contributed by atoms with Crippen LogP contribution in [0.1, 0.15) is 36.7 Å². The Kier molecular flexibility index (Phi) is 3.88. The van der Waals surface area contributed by atoms with Crippen LogP contribution in [0.2, 0.25) is 0 Å². The molecule has 0 N–H and O–H groups in total. The SMILES string of the molecule is CC(C)Oc1ccc(C(=O)N2c3ccccc3CC2C)cc1. The Hall–Kier alpha value is -2.29. The predicted octanol–water partition coefficient (Wildman–Crippen LogP) is 4.07. The molecule has 0 bridgehead atoms. The number of carbonyl (C=O) groups excluding carboxylic acids is 1. The largest absolute Gasteiger partial charge is 0.491 e. The minimum atomic E-state index is 0.0496. The van der Waals surface area contributed by atoms with Crippen LogP contribution >= 0.6 is 0 Å². The first-order valence-corrected chi connectivity index (χ1v) is 7.74. The molecule has 3 heteroatoms. The predicted molar refractivity (Wildman–Crippen MR) is 88.6 cm³/mol. The van der Waals surface area contributed by atoms with Crippen LogP contribution in [0.4, 0.5) is 5.69 Å². The number of rotatable bonds is 3. The van der Waals surface area contributed by atoms with Gasteiger partial charge in [0.2, 0.25) is 0 Å². The van der Waals surface area contributed by atoms with Gasteiger partial charge in [0.1, 0.15) is 5.75 Å². The molecule has 3 nitrogen and oxygen atoms in total. The summed E-state index contributed by atoms with van der Waals surface area (Å²) in [6.07, 6.45) is 1.04. The molecule has 22 heavy (non-hydrogen) atoms. The number of carbonyl (C=O) groups is 1. The number of hydrogen-bond donors (Lipinski definition) is 0. The number of ether oxygens (including phenoxy) is 1. The lowest BCUT2D eigenvalue weighted by Gasteiger charge is -2.23. The van der Waals surface area contributed by atoms with E-state index in [0.29, 0.717) is 5.56 Å². The fourth-order valence-corrected chi connectivity index (χ4v) is 2.96. The van der Waals surface area contributed by atoms with Gasteiger partial charge >= 0.3 is 0 Å². The van der Waals surface area contributed by atoms with Crippen LogP contribution in [0.25, 0.3) is 0 Å². The monoisotopic (exact) mass is 295 g/mol. The lowest BCUT2D eigenvalue weighted by atomic mass is 10.1. The highest BCUT2D eigenvalue weighted by molar-refractivity contribution is 6.07. The van der Waals surface area contributed by atoms with Crippen molar-refractivity contribution in [2.75, 3.05) is 4.90 Å². The van der Waals surface area contributed by atoms with Crippen molar-refractivity contribution in [3.63, 3.8) is 0 Å². The Labute approximate surface area is 131 Å². The summed E-state index contributed by atoms with van der Waals surface area (Å²) in [6, 6.07) is 15.7. The number of para-hydroxylation sites is 1. The average molecular weight is 295 g/mol. The summed E-state index contributed by atoms with van der Waals surface area (Å²) in [5, 5.41) is 0. The van der Waals surface area contributed by atoms with E-state index in [-0.39, 0.29) is 18.1 Å². The van der Waals surface area contributed by atoms with Crippen LogP contribution in [-0.2, 0) is 6.42 Å². The maximum Gasteiger partial charge on any atom is 0.258 e. The number of amides is 1. The summed E-state index contributed by atoms with van der Waals surface area (Å²) in [5.74, 6) is 0.843. The maximum absolute atomic E-state index is 12.8. The van der Waals surface area contributed by atoms with Crippen molar-refractivity contribution in [3.05, 3.63) is 59.7 Å². The summed E-state index contributed by atoms with van der Waals surface area (Å²) in [6.45, 7) is 6.07. The van der Waals surface area contributed by atoms with Crippen LogP contribution < -0.4 is 9.64 Å². The van der Waals surface area contributed by atoms with Crippen LogP contribution in [-0.4, -0.2) is 18.1 Å². The minimum absolute atomic E-state index is 0.0496. The molecule has 1 unspecified atom stereocenters. The summed E-state index contributed by atoms with van der Waals surface area (Å²) >= 11 is 0. The highest BCUT2D eigenvalue weighted by Gasteiger charge is 2.31. The summed E-state index contributed by atoms with van der Waals surface area (Å²) in [4.78, 5) is 14.7. The lowest BCUT2D eigenvalue weighted by Crippen LogP contribution is -2.35. The fraction of sp³-hybridized carbons (Fsp3) is 0.316. The number of benzene rings is 2. The molecule has 2 aromatic rings. The van der Waals surface area contributed by atoms with E-state index in [1.165, 1.54) is 5.56 Å². The van der Waals surface area contributed by atoms with E-state index in [1.54, 1.807) is 0 Å². The standard InChI is InChI=1S/C19H21NO2/c1-13(2)22-17-10-8-15(9-11-17)19(21)20-14(3)12-16-6-4-5-7-18(16)20/h4-11,13-14H,12H2,1-3H3. The quantitative estimate of drug-likeness (QED) is 0.854. The van der Waals surface area contributed by atoms with Gasteiger partial charge < -0.3 is 9.64 Å². The first-order chi connectivity index (χ1) is 10.6. The number of nitrogens with zero attached hydrogens (tertiary/aromatic N) is 1. The van der Waals surface area contributed by atoms with Gasteiger partial charge in [-0.05, 0) is 63.1 Å². The van der Waals surface area contributed by atoms with Gasteiger partial charge in [-0.25, -0.2) is 0 Å². The highest BCUT2D eigenvalue weighted by Crippen LogP contribution is 2.33. The fourth-order valence-electron chi connectivity index (χ4n) is 2.96. The molecule has 0 radical (unpaired) electrons. The van der Waals surface area contributed by atoms with E-state index < -0.39 is 0 Å². The van der Waals surface area contributed by atoms with E-state index in [9.17, 15) is 4.79 Å². The Morgan fingerprint density at radius 3 is 2.50 bits per heavy atom. The van der Waals surface area contributed by atoms with E-state index in [4.69, 9.17) is 4.74 Å². The molecule has 2 aromatic carbocycles. The first kappa shape index (κ1) is 14.6. The molecule has 0 spiro atoms. The van der Waals surface area contributed by atoms with Gasteiger partial charge in [0.05, 0.1) is 6.10 Å². The van der Waals surface area contributed by atoms with Crippen molar-refractivity contribution in [2.24, 2.45) is 0 Å². The van der Waals surface area contributed by atoms with E-state index in [2.05, 4.69) is 13.0 Å². The summed E-state index contributed by atoms with van der Waals surface area (Å²) in [5.41, 5.74) is 2.96. The van der Waals surface area contributed by atoms with Crippen molar-refractivity contribution in [2.45, 2.75) is 39.3 Å². The van der Waals surface area contributed by atoms with Crippen LogP contribution in [0, 0.1) is 0 Å². The normalized spacial score (nSPS) is 16.7. The minimum Gasteiger partial charge on any atom is -0.491 e. The van der Waals surface area contributed by atoms with Crippen molar-refractivity contribution in [1.29, 1.82) is 0 Å². The van der Waals surface area contributed by atoms with E-state index >= 15 is 0 Å². The Morgan fingerprint density at radius 2 is 1.82 bits per heavy atom. The third-order valence-corrected chi connectivity index (χ3v) is 3.90. The van der Waals surface area contributed by atoms with Gasteiger partial charge in [-0.3, -0.25) is 4.79 Å². The molecule has 1 atom stereocenters.